The molecule has 1 unspecified atom stereocenters. The summed E-state index contributed by atoms with van der Waals surface area (Å²) < 4.78 is 0. The first kappa shape index (κ1) is 13.4. The lowest BCUT2D eigenvalue weighted by Gasteiger charge is -2.38. The van der Waals surface area contributed by atoms with Crippen LogP contribution in [0.2, 0.25) is 0 Å². The van der Waals surface area contributed by atoms with Crippen molar-refractivity contribution in [1.29, 1.82) is 5.26 Å². The normalized spacial score (nSPS) is 21.1. The van der Waals surface area contributed by atoms with E-state index in [4.69, 9.17) is 5.26 Å². The lowest BCUT2D eigenvalue weighted by Crippen LogP contribution is -2.51. The number of rotatable bonds is 2. The fraction of sp³-hybridized carbons (Fsp3) is 0.429. The second-order valence-corrected chi connectivity index (χ2v) is 5.30. The van der Waals surface area contributed by atoms with Crippen LogP contribution in [0.3, 0.4) is 0 Å². The van der Waals surface area contributed by atoms with Crippen molar-refractivity contribution in [2.45, 2.75) is 18.9 Å². The Bertz CT molecular complexity index is 652. The summed E-state index contributed by atoms with van der Waals surface area (Å²) in [5.74, 6) is 0.199. The molecular weight excluding hydrogens is 272 g/mol. The summed E-state index contributed by atoms with van der Waals surface area (Å²) in [5.41, 5.74) is 0.637. The number of carbonyl (C=O) groups is 1. The topological polar surface area (TPSA) is 90.5 Å². The van der Waals surface area contributed by atoms with Gasteiger partial charge in [0.05, 0.1) is 4.92 Å². The average molecular weight is 286 g/mol. The van der Waals surface area contributed by atoms with Crippen molar-refractivity contribution in [2.75, 3.05) is 24.5 Å². The van der Waals surface area contributed by atoms with Crippen molar-refractivity contribution in [3.63, 3.8) is 0 Å². The Hall–Kier alpha value is -2.62. The van der Waals surface area contributed by atoms with E-state index in [1.165, 1.54) is 12.1 Å². The lowest BCUT2D eigenvalue weighted by atomic mass is 10.1. The third-order valence-electron chi connectivity index (χ3n) is 4.16. The van der Waals surface area contributed by atoms with Gasteiger partial charge in [-0.1, -0.05) is 0 Å². The number of nitriles is 1. The van der Waals surface area contributed by atoms with Crippen LogP contribution in [-0.4, -0.2) is 41.4 Å². The van der Waals surface area contributed by atoms with Crippen molar-refractivity contribution in [2.24, 2.45) is 0 Å². The Labute approximate surface area is 121 Å². The highest BCUT2D eigenvalue weighted by molar-refractivity contribution is 5.79. The van der Waals surface area contributed by atoms with Crippen LogP contribution in [0.5, 0.6) is 0 Å². The third kappa shape index (κ3) is 2.29. The predicted octanol–water partition coefficient (Wildman–Crippen LogP) is 1.28. The van der Waals surface area contributed by atoms with Crippen molar-refractivity contribution in [1.82, 2.24) is 4.90 Å². The third-order valence-corrected chi connectivity index (χ3v) is 4.16. The van der Waals surface area contributed by atoms with E-state index in [1.54, 1.807) is 6.07 Å². The molecular formula is C14H14N4O3. The molecule has 7 nitrogen and oxygen atoms in total. The quantitative estimate of drug-likeness (QED) is 0.603. The minimum atomic E-state index is -0.530. The fourth-order valence-electron chi connectivity index (χ4n) is 3.06. The number of fused-ring (bicyclic) bond motifs is 1. The number of nitro groups is 1. The van der Waals surface area contributed by atoms with E-state index in [9.17, 15) is 14.9 Å². The predicted molar refractivity (Wildman–Crippen MR) is 74.8 cm³/mol. The molecule has 0 N–H and O–H groups in total. The van der Waals surface area contributed by atoms with E-state index in [0.29, 0.717) is 26.1 Å². The average Bonchev–Trinajstić information content (AvgIpc) is 2.87. The summed E-state index contributed by atoms with van der Waals surface area (Å²) in [6, 6.07) is 6.70. The van der Waals surface area contributed by atoms with Gasteiger partial charge in [0.15, 0.2) is 0 Å². The van der Waals surface area contributed by atoms with Crippen LogP contribution in [0.15, 0.2) is 18.2 Å². The lowest BCUT2D eigenvalue weighted by molar-refractivity contribution is -0.385. The molecule has 2 heterocycles. The summed E-state index contributed by atoms with van der Waals surface area (Å²) in [7, 11) is 0. The SMILES string of the molecule is N#Cc1ccc(N2CCN3C(=O)CCC3C2)cc1[N+](=O)[O-]. The van der Waals surface area contributed by atoms with Crippen molar-refractivity contribution in [3.05, 3.63) is 33.9 Å². The maximum absolute atomic E-state index is 11.7. The van der Waals surface area contributed by atoms with E-state index in [-0.39, 0.29) is 23.2 Å². The fourth-order valence-corrected chi connectivity index (χ4v) is 3.06. The van der Waals surface area contributed by atoms with E-state index >= 15 is 0 Å². The van der Waals surface area contributed by atoms with Crippen LogP contribution in [-0.2, 0) is 4.79 Å². The number of nitrogens with zero attached hydrogens (tertiary/aromatic N) is 4. The van der Waals surface area contributed by atoms with Gasteiger partial charge in [-0.15, -0.1) is 0 Å². The Morgan fingerprint density at radius 2 is 2.19 bits per heavy atom. The summed E-state index contributed by atoms with van der Waals surface area (Å²) in [6.07, 6.45) is 1.43. The standard InChI is InChI=1S/C14H14N4O3/c15-8-10-1-2-11(7-13(10)18(20)21)16-5-6-17-12(9-16)3-4-14(17)19/h1-2,7,12H,3-6,9H2. The first-order valence-corrected chi connectivity index (χ1v) is 6.83. The van der Waals surface area contributed by atoms with Crippen LogP contribution in [0.25, 0.3) is 0 Å². The summed E-state index contributed by atoms with van der Waals surface area (Å²) >= 11 is 0. The summed E-state index contributed by atoms with van der Waals surface area (Å²) in [4.78, 5) is 26.1. The van der Waals surface area contributed by atoms with Gasteiger partial charge < -0.3 is 9.80 Å². The molecule has 1 atom stereocenters. The first-order chi connectivity index (χ1) is 10.1. The molecule has 2 aliphatic rings. The number of hydrogen-bond acceptors (Lipinski definition) is 5. The monoisotopic (exact) mass is 286 g/mol. The number of piperazine rings is 1. The van der Waals surface area contributed by atoms with Crippen molar-refractivity contribution >= 4 is 17.3 Å². The molecule has 0 spiro atoms. The van der Waals surface area contributed by atoms with E-state index in [2.05, 4.69) is 0 Å². The Balaban J connectivity index is 1.85. The van der Waals surface area contributed by atoms with Crippen LogP contribution < -0.4 is 4.90 Å². The molecule has 3 rings (SSSR count). The maximum Gasteiger partial charge on any atom is 0.289 e. The molecule has 1 aromatic carbocycles. The Kier molecular flexibility index (Phi) is 3.22. The minimum Gasteiger partial charge on any atom is -0.367 e. The highest BCUT2D eigenvalue weighted by atomic mass is 16.6. The largest absolute Gasteiger partial charge is 0.367 e. The number of carbonyl (C=O) groups excluding carboxylic acids is 1. The van der Waals surface area contributed by atoms with E-state index in [0.717, 1.165) is 12.1 Å². The van der Waals surface area contributed by atoms with Crippen LogP contribution in [0.1, 0.15) is 18.4 Å². The molecule has 2 saturated heterocycles. The Morgan fingerprint density at radius 3 is 2.90 bits per heavy atom. The molecule has 2 fully saturated rings. The molecule has 0 aliphatic carbocycles. The second-order valence-electron chi connectivity index (χ2n) is 5.30. The van der Waals surface area contributed by atoms with Gasteiger partial charge in [-0.3, -0.25) is 14.9 Å². The molecule has 21 heavy (non-hydrogen) atoms. The zero-order chi connectivity index (χ0) is 15.0. The highest BCUT2D eigenvalue weighted by Crippen LogP contribution is 2.29. The minimum absolute atomic E-state index is 0.0680. The maximum atomic E-state index is 11.7. The number of nitro benzene ring substituents is 1. The second kappa shape index (κ2) is 5.05. The van der Waals surface area contributed by atoms with Crippen molar-refractivity contribution in [3.8, 4) is 6.07 Å². The van der Waals surface area contributed by atoms with E-state index < -0.39 is 4.92 Å². The van der Waals surface area contributed by atoms with Gasteiger partial charge in [-0.05, 0) is 18.6 Å². The zero-order valence-electron chi connectivity index (χ0n) is 11.4. The number of amides is 1. The molecule has 2 aliphatic heterocycles. The highest BCUT2D eigenvalue weighted by Gasteiger charge is 2.35. The smallest absolute Gasteiger partial charge is 0.289 e. The van der Waals surface area contributed by atoms with Gasteiger partial charge >= 0.3 is 0 Å². The van der Waals surface area contributed by atoms with Gasteiger partial charge in [0.1, 0.15) is 11.6 Å². The molecule has 7 heteroatoms. The molecule has 108 valence electrons. The number of benzene rings is 1. The molecule has 0 radical (unpaired) electrons. The molecule has 1 aromatic rings. The van der Waals surface area contributed by atoms with Gasteiger partial charge in [-0.2, -0.15) is 5.26 Å². The first-order valence-electron chi connectivity index (χ1n) is 6.83. The van der Waals surface area contributed by atoms with Crippen LogP contribution in [0.4, 0.5) is 11.4 Å². The number of hydrogen-bond donors (Lipinski definition) is 0. The van der Waals surface area contributed by atoms with Crippen LogP contribution >= 0.6 is 0 Å². The summed E-state index contributed by atoms with van der Waals surface area (Å²) in [6.45, 7) is 2.00. The van der Waals surface area contributed by atoms with Gasteiger partial charge in [0.2, 0.25) is 5.91 Å². The summed E-state index contributed by atoms with van der Waals surface area (Å²) in [5, 5.41) is 19.9. The van der Waals surface area contributed by atoms with Gasteiger partial charge in [0, 0.05) is 43.9 Å². The number of anilines is 1. The van der Waals surface area contributed by atoms with Crippen molar-refractivity contribution < 1.29 is 9.72 Å². The molecule has 1 amide bonds. The molecule has 0 aromatic heterocycles. The van der Waals surface area contributed by atoms with E-state index in [1.807, 2.05) is 15.9 Å². The molecule has 0 bridgehead atoms. The van der Waals surface area contributed by atoms with Crippen LogP contribution in [0, 0.1) is 21.4 Å². The zero-order valence-corrected chi connectivity index (χ0v) is 11.4. The molecule has 0 saturated carbocycles. The van der Waals surface area contributed by atoms with Gasteiger partial charge in [-0.25, -0.2) is 0 Å². The Morgan fingerprint density at radius 1 is 1.38 bits per heavy atom. The van der Waals surface area contributed by atoms with Gasteiger partial charge in [0.25, 0.3) is 5.69 Å².